The predicted octanol–water partition coefficient (Wildman–Crippen LogP) is 1.21. The molecule has 1 unspecified atom stereocenters. The minimum absolute atomic E-state index is 0.103. The van der Waals surface area contributed by atoms with Crippen molar-refractivity contribution >= 4 is 11.9 Å². The molecule has 2 aliphatic heterocycles. The average Bonchev–Trinajstić information content (AvgIpc) is 2.84. The van der Waals surface area contributed by atoms with E-state index in [4.69, 9.17) is 19.2 Å². The second-order valence-corrected chi connectivity index (χ2v) is 7.97. The lowest BCUT2D eigenvalue weighted by atomic mass is 10.0. The Balaban J connectivity index is 1.81. The van der Waals surface area contributed by atoms with E-state index in [9.17, 15) is 4.79 Å². The monoisotopic (exact) mass is 447 g/mol. The number of carbonyl (C=O) groups is 1. The number of methoxy groups -OCH3 is 2. The van der Waals surface area contributed by atoms with Crippen molar-refractivity contribution in [3.8, 4) is 11.5 Å². The van der Waals surface area contributed by atoms with Crippen molar-refractivity contribution in [2.75, 3.05) is 79.8 Å². The summed E-state index contributed by atoms with van der Waals surface area (Å²) < 4.78 is 16.5. The lowest BCUT2D eigenvalue weighted by Crippen LogP contribution is -2.53. The molecule has 3 rings (SSSR count). The van der Waals surface area contributed by atoms with Gasteiger partial charge in [0.1, 0.15) is 0 Å². The SMILES string of the molecule is CCNC(=NCC(c1ccc(OC)c(OC)c1)N1CCOCC1)N1CCN(C(C)=O)CC1. The van der Waals surface area contributed by atoms with Crippen LogP contribution in [0.25, 0.3) is 0 Å². The average molecular weight is 448 g/mol. The number of amides is 1. The van der Waals surface area contributed by atoms with Crippen molar-refractivity contribution in [1.82, 2.24) is 20.0 Å². The van der Waals surface area contributed by atoms with E-state index in [1.807, 2.05) is 17.0 Å². The Hall–Kier alpha value is -2.52. The van der Waals surface area contributed by atoms with Gasteiger partial charge in [0.05, 0.1) is 40.0 Å². The summed E-state index contributed by atoms with van der Waals surface area (Å²) in [5.74, 6) is 2.47. The number of piperazine rings is 1. The van der Waals surface area contributed by atoms with Gasteiger partial charge in [-0.2, -0.15) is 0 Å². The smallest absolute Gasteiger partial charge is 0.219 e. The molecule has 0 aromatic heterocycles. The Bertz CT molecular complexity index is 774. The number of ether oxygens (including phenoxy) is 3. The van der Waals surface area contributed by atoms with E-state index in [2.05, 4.69) is 28.1 Å². The first-order valence-corrected chi connectivity index (χ1v) is 11.4. The molecule has 9 heteroatoms. The van der Waals surface area contributed by atoms with E-state index in [0.29, 0.717) is 6.54 Å². The van der Waals surface area contributed by atoms with E-state index < -0.39 is 0 Å². The summed E-state index contributed by atoms with van der Waals surface area (Å²) in [6.07, 6.45) is 0. The van der Waals surface area contributed by atoms with Crippen LogP contribution in [0.2, 0.25) is 0 Å². The molecule has 1 aromatic carbocycles. The highest BCUT2D eigenvalue weighted by molar-refractivity contribution is 5.80. The second kappa shape index (κ2) is 11.9. The quantitative estimate of drug-likeness (QED) is 0.497. The highest BCUT2D eigenvalue weighted by Gasteiger charge is 2.25. The fourth-order valence-corrected chi connectivity index (χ4v) is 4.21. The van der Waals surface area contributed by atoms with Crippen molar-refractivity contribution in [3.05, 3.63) is 23.8 Å². The van der Waals surface area contributed by atoms with Gasteiger partial charge in [0.25, 0.3) is 0 Å². The summed E-state index contributed by atoms with van der Waals surface area (Å²) in [5.41, 5.74) is 1.14. The molecule has 0 aliphatic carbocycles. The molecule has 2 saturated heterocycles. The molecule has 1 aromatic rings. The fourth-order valence-electron chi connectivity index (χ4n) is 4.21. The summed E-state index contributed by atoms with van der Waals surface area (Å²) in [5, 5.41) is 3.43. The van der Waals surface area contributed by atoms with Crippen LogP contribution in [0.1, 0.15) is 25.5 Å². The zero-order chi connectivity index (χ0) is 22.9. The number of guanidine groups is 1. The number of benzene rings is 1. The third-order valence-corrected chi connectivity index (χ3v) is 6.05. The molecule has 0 saturated carbocycles. The lowest BCUT2D eigenvalue weighted by molar-refractivity contribution is -0.130. The molecule has 2 heterocycles. The van der Waals surface area contributed by atoms with Crippen LogP contribution in [-0.2, 0) is 9.53 Å². The molecule has 1 atom stereocenters. The van der Waals surface area contributed by atoms with Gasteiger partial charge in [0, 0.05) is 52.7 Å². The molecular formula is C23H37N5O4. The number of hydrogen-bond acceptors (Lipinski definition) is 6. The van der Waals surface area contributed by atoms with Crippen LogP contribution in [0, 0.1) is 0 Å². The molecule has 2 fully saturated rings. The van der Waals surface area contributed by atoms with Crippen molar-refractivity contribution < 1.29 is 19.0 Å². The fraction of sp³-hybridized carbons (Fsp3) is 0.652. The molecule has 1 amide bonds. The molecular weight excluding hydrogens is 410 g/mol. The molecule has 2 aliphatic rings. The molecule has 178 valence electrons. The maximum absolute atomic E-state index is 11.7. The maximum Gasteiger partial charge on any atom is 0.219 e. The van der Waals surface area contributed by atoms with Crippen molar-refractivity contribution in [3.63, 3.8) is 0 Å². The first-order valence-electron chi connectivity index (χ1n) is 11.4. The third kappa shape index (κ3) is 6.04. The largest absolute Gasteiger partial charge is 0.493 e. The van der Waals surface area contributed by atoms with Gasteiger partial charge in [0.2, 0.25) is 5.91 Å². The van der Waals surface area contributed by atoms with Crippen LogP contribution in [0.3, 0.4) is 0 Å². The highest BCUT2D eigenvalue weighted by Crippen LogP contribution is 2.32. The van der Waals surface area contributed by atoms with E-state index in [1.54, 1.807) is 21.1 Å². The van der Waals surface area contributed by atoms with Gasteiger partial charge in [0.15, 0.2) is 17.5 Å². The normalized spacial score (nSPS) is 18.9. The minimum Gasteiger partial charge on any atom is -0.493 e. The summed E-state index contributed by atoms with van der Waals surface area (Å²) >= 11 is 0. The summed E-state index contributed by atoms with van der Waals surface area (Å²) in [7, 11) is 3.31. The zero-order valence-corrected chi connectivity index (χ0v) is 19.8. The molecule has 0 bridgehead atoms. The number of aliphatic imine (C=N–C) groups is 1. The van der Waals surface area contributed by atoms with Gasteiger partial charge in [-0.25, -0.2) is 0 Å². The van der Waals surface area contributed by atoms with Crippen LogP contribution in [0.4, 0.5) is 0 Å². The molecule has 0 radical (unpaired) electrons. The van der Waals surface area contributed by atoms with Crippen LogP contribution in [-0.4, -0.2) is 106 Å². The van der Waals surface area contributed by atoms with Crippen LogP contribution < -0.4 is 14.8 Å². The second-order valence-electron chi connectivity index (χ2n) is 7.97. The third-order valence-electron chi connectivity index (χ3n) is 6.05. The Morgan fingerprint density at radius 3 is 2.31 bits per heavy atom. The number of carbonyl (C=O) groups excluding carboxylic acids is 1. The summed E-state index contributed by atoms with van der Waals surface area (Å²) in [4.78, 5) is 23.3. The van der Waals surface area contributed by atoms with E-state index in [-0.39, 0.29) is 11.9 Å². The van der Waals surface area contributed by atoms with Gasteiger partial charge >= 0.3 is 0 Å². The van der Waals surface area contributed by atoms with Crippen molar-refractivity contribution in [2.24, 2.45) is 4.99 Å². The number of hydrogen-bond donors (Lipinski definition) is 1. The van der Waals surface area contributed by atoms with Gasteiger partial charge in [-0.1, -0.05) is 6.07 Å². The molecule has 1 N–H and O–H groups in total. The standard InChI is InChI=1S/C23H37N5O4/c1-5-24-23(28-10-8-26(9-11-28)18(2)29)25-17-20(27-12-14-32-15-13-27)19-6-7-21(30-3)22(16-19)31-4/h6-7,16,20H,5,8-15,17H2,1-4H3,(H,24,25). The van der Waals surface area contributed by atoms with Crippen LogP contribution in [0.15, 0.2) is 23.2 Å². The Labute approximate surface area is 191 Å². The molecule has 9 nitrogen and oxygen atoms in total. The highest BCUT2D eigenvalue weighted by atomic mass is 16.5. The zero-order valence-electron chi connectivity index (χ0n) is 19.8. The maximum atomic E-state index is 11.7. The molecule has 32 heavy (non-hydrogen) atoms. The van der Waals surface area contributed by atoms with E-state index in [0.717, 1.165) is 82.0 Å². The Morgan fingerprint density at radius 1 is 1.06 bits per heavy atom. The van der Waals surface area contributed by atoms with Crippen LogP contribution in [0.5, 0.6) is 11.5 Å². The van der Waals surface area contributed by atoms with Crippen molar-refractivity contribution in [2.45, 2.75) is 19.9 Å². The van der Waals surface area contributed by atoms with Crippen LogP contribution >= 0.6 is 0 Å². The van der Waals surface area contributed by atoms with Gasteiger partial charge in [-0.15, -0.1) is 0 Å². The topological polar surface area (TPSA) is 78.9 Å². The minimum atomic E-state index is 0.103. The first kappa shape index (κ1) is 24.1. The van der Waals surface area contributed by atoms with E-state index in [1.165, 1.54) is 0 Å². The van der Waals surface area contributed by atoms with Gasteiger partial charge in [-0.05, 0) is 24.6 Å². The van der Waals surface area contributed by atoms with Gasteiger partial charge in [-0.3, -0.25) is 14.7 Å². The Kier molecular flexibility index (Phi) is 8.99. The van der Waals surface area contributed by atoms with E-state index >= 15 is 0 Å². The lowest BCUT2D eigenvalue weighted by Gasteiger charge is -2.37. The Morgan fingerprint density at radius 2 is 1.72 bits per heavy atom. The van der Waals surface area contributed by atoms with Crippen molar-refractivity contribution in [1.29, 1.82) is 0 Å². The summed E-state index contributed by atoms with van der Waals surface area (Å²) in [6, 6.07) is 6.20. The first-order chi connectivity index (χ1) is 15.6. The number of morpholine rings is 1. The summed E-state index contributed by atoms with van der Waals surface area (Å²) in [6.45, 7) is 11.3. The predicted molar refractivity (Wildman–Crippen MR) is 124 cm³/mol. The number of nitrogens with zero attached hydrogens (tertiary/aromatic N) is 4. The number of rotatable bonds is 7. The molecule has 0 spiro atoms. The van der Waals surface area contributed by atoms with Gasteiger partial charge < -0.3 is 29.3 Å². The number of nitrogens with one attached hydrogen (secondary N) is 1.